The second-order valence-electron chi connectivity index (χ2n) is 6.34. The van der Waals surface area contributed by atoms with E-state index < -0.39 is 0 Å². The SMILES string of the molecule is CCc1cnc(CCNC(=NC)N(C)Cc2nc3c(s2)CCCC3)s1.I. The van der Waals surface area contributed by atoms with Gasteiger partial charge in [-0.3, -0.25) is 4.99 Å². The summed E-state index contributed by atoms with van der Waals surface area (Å²) < 4.78 is 0. The standard InChI is InChI=1S/C18H27N5S2.HI/c1-4-13-11-21-16(24-13)9-10-20-18(19-2)23(3)12-17-22-14-7-5-6-8-15(14)25-17;/h11H,4-10,12H2,1-3H3,(H,19,20);1H. The molecule has 1 N–H and O–H groups in total. The number of hydrogen-bond donors (Lipinski definition) is 1. The predicted molar refractivity (Wildman–Crippen MR) is 122 cm³/mol. The van der Waals surface area contributed by atoms with Crippen LogP contribution in [0.5, 0.6) is 0 Å². The lowest BCUT2D eigenvalue weighted by atomic mass is 10.0. The van der Waals surface area contributed by atoms with E-state index in [0.717, 1.165) is 38.3 Å². The Hall–Kier alpha value is -0.740. The van der Waals surface area contributed by atoms with Gasteiger partial charge in [0.25, 0.3) is 0 Å². The van der Waals surface area contributed by atoms with E-state index in [9.17, 15) is 0 Å². The molecule has 0 aromatic carbocycles. The van der Waals surface area contributed by atoms with Crippen molar-refractivity contribution in [3.63, 3.8) is 0 Å². The van der Waals surface area contributed by atoms with Gasteiger partial charge in [-0.25, -0.2) is 9.97 Å². The van der Waals surface area contributed by atoms with Gasteiger partial charge in [0.15, 0.2) is 5.96 Å². The van der Waals surface area contributed by atoms with Crippen LogP contribution in [-0.2, 0) is 32.2 Å². The number of nitrogens with zero attached hydrogens (tertiary/aromatic N) is 4. The zero-order valence-corrected chi connectivity index (χ0v) is 19.7. The number of guanidine groups is 1. The number of aliphatic imine (C=N–C) groups is 1. The third kappa shape index (κ3) is 5.63. The van der Waals surface area contributed by atoms with Crippen LogP contribution in [0, 0.1) is 0 Å². The Morgan fingerprint density at radius 2 is 2.08 bits per heavy atom. The molecule has 8 heteroatoms. The van der Waals surface area contributed by atoms with Crippen LogP contribution in [0.1, 0.15) is 45.2 Å². The fourth-order valence-corrected chi connectivity index (χ4v) is 5.12. The maximum atomic E-state index is 4.83. The number of hydrogen-bond acceptors (Lipinski definition) is 5. The minimum atomic E-state index is 0. The largest absolute Gasteiger partial charge is 0.356 e. The van der Waals surface area contributed by atoms with Gasteiger partial charge in [-0.1, -0.05) is 6.92 Å². The summed E-state index contributed by atoms with van der Waals surface area (Å²) in [5.41, 5.74) is 1.33. The molecule has 0 radical (unpaired) electrons. The lowest BCUT2D eigenvalue weighted by Gasteiger charge is -2.20. The van der Waals surface area contributed by atoms with Gasteiger partial charge in [0, 0.05) is 43.0 Å². The monoisotopic (exact) mass is 505 g/mol. The maximum absolute atomic E-state index is 4.83. The second kappa shape index (κ2) is 10.6. The first-order valence-corrected chi connectivity index (χ1v) is 10.7. The van der Waals surface area contributed by atoms with Crippen molar-refractivity contribution in [2.75, 3.05) is 20.6 Å². The Labute approximate surface area is 181 Å². The second-order valence-corrected chi connectivity index (χ2v) is 8.71. The molecule has 0 bridgehead atoms. The molecule has 0 saturated carbocycles. The quantitative estimate of drug-likeness (QED) is 0.368. The average molecular weight is 505 g/mol. The van der Waals surface area contributed by atoms with Crippen molar-refractivity contribution in [1.29, 1.82) is 0 Å². The third-order valence-corrected chi connectivity index (χ3v) is 6.75. The smallest absolute Gasteiger partial charge is 0.193 e. The maximum Gasteiger partial charge on any atom is 0.193 e. The molecule has 26 heavy (non-hydrogen) atoms. The molecule has 0 fully saturated rings. The van der Waals surface area contributed by atoms with Crippen LogP contribution in [0.3, 0.4) is 0 Å². The Morgan fingerprint density at radius 1 is 1.27 bits per heavy atom. The highest BCUT2D eigenvalue weighted by Crippen LogP contribution is 2.27. The highest BCUT2D eigenvalue weighted by atomic mass is 127. The summed E-state index contributed by atoms with van der Waals surface area (Å²) in [5, 5.41) is 5.84. The van der Waals surface area contributed by atoms with Crippen LogP contribution >= 0.6 is 46.7 Å². The molecule has 0 aliphatic heterocycles. The van der Waals surface area contributed by atoms with E-state index >= 15 is 0 Å². The number of aryl methyl sites for hydroxylation is 3. The van der Waals surface area contributed by atoms with E-state index in [-0.39, 0.29) is 24.0 Å². The van der Waals surface area contributed by atoms with E-state index in [1.807, 2.05) is 24.6 Å². The van der Waals surface area contributed by atoms with E-state index in [1.54, 1.807) is 11.3 Å². The van der Waals surface area contributed by atoms with E-state index in [1.165, 1.54) is 44.7 Å². The zero-order valence-electron chi connectivity index (χ0n) is 15.7. The summed E-state index contributed by atoms with van der Waals surface area (Å²) in [5.74, 6) is 0.917. The molecule has 2 heterocycles. The van der Waals surface area contributed by atoms with Crippen LogP contribution in [0.15, 0.2) is 11.2 Å². The van der Waals surface area contributed by atoms with E-state index in [2.05, 4.69) is 34.2 Å². The number of nitrogens with one attached hydrogen (secondary N) is 1. The van der Waals surface area contributed by atoms with Gasteiger partial charge in [0.2, 0.25) is 0 Å². The molecule has 0 atom stereocenters. The molecular formula is C18H28IN5S2. The Morgan fingerprint density at radius 3 is 2.77 bits per heavy atom. The highest BCUT2D eigenvalue weighted by Gasteiger charge is 2.16. The minimum absolute atomic E-state index is 0. The first kappa shape index (κ1) is 21.6. The minimum Gasteiger partial charge on any atom is -0.356 e. The fourth-order valence-electron chi connectivity index (χ4n) is 3.04. The van der Waals surface area contributed by atoms with Crippen molar-refractivity contribution in [1.82, 2.24) is 20.2 Å². The summed E-state index contributed by atoms with van der Waals surface area (Å²) in [6.45, 7) is 3.83. The topological polar surface area (TPSA) is 53.4 Å². The number of thiazole rings is 2. The molecule has 0 amide bonds. The Kier molecular flexibility index (Phi) is 8.75. The number of fused-ring (bicyclic) bond motifs is 1. The van der Waals surface area contributed by atoms with Gasteiger partial charge in [-0.2, -0.15) is 0 Å². The summed E-state index contributed by atoms with van der Waals surface area (Å²) in [7, 11) is 3.92. The van der Waals surface area contributed by atoms with Gasteiger partial charge in [0.1, 0.15) is 5.01 Å². The average Bonchev–Trinajstić information content (AvgIpc) is 3.24. The van der Waals surface area contributed by atoms with Crippen molar-refractivity contribution in [3.8, 4) is 0 Å². The van der Waals surface area contributed by atoms with Crippen LogP contribution in [0.2, 0.25) is 0 Å². The van der Waals surface area contributed by atoms with Gasteiger partial charge >= 0.3 is 0 Å². The van der Waals surface area contributed by atoms with Gasteiger partial charge < -0.3 is 10.2 Å². The Balaban J connectivity index is 0.00000243. The first-order chi connectivity index (χ1) is 12.2. The summed E-state index contributed by atoms with van der Waals surface area (Å²) in [6.07, 6.45) is 8.94. The van der Waals surface area contributed by atoms with Gasteiger partial charge in [0.05, 0.1) is 17.2 Å². The molecule has 0 unspecified atom stereocenters. The normalized spacial score (nSPS) is 13.9. The van der Waals surface area contributed by atoms with Crippen LogP contribution in [0.25, 0.3) is 0 Å². The van der Waals surface area contributed by atoms with Crippen LogP contribution < -0.4 is 5.32 Å². The summed E-state index contributed by atoms with van der Waals surface area (Å²) in [4.78, 5) is 18.7. The number of aromatic nitrogens is 2. The molecule has 5 nitrogen and oxygen atoms in total. The zero-order chi connectivity index (χ0) is 17.6. The first-order valence-electron chi connectivity index (χ1n) is 9.02. The van der Waals surface area contributed by atoms with Gasteiger partial charge in [-0.15, -0.1) is 46.7 Å². The molecular weight excluding hydrogens is 477 g/mol. The highest BCUT2D eigenvalue weighted by molar-refractivity contribution is 14.0. The fraction of sp³-hybridized carbons (Fsp3) is 0.611. The third-order valence-electron chi connectivity index (χ3n) is 4.41. The molecule has 0 saturated heterocycles. The molecule has 3 rings (SSSR count). The predicted octanol–water partition coefficient (Wildman–Crippen LogP) is 3.91. The molecule has 2 aromatic rings. The molecule has 1 aliphatic rings. The van der Waals surface area contributed by atoms with Gasteiger partial charge in [-0.05, 0) is 32.1 Å². The molecule has 2 aromatic heterocycles. The summed E-state index contributed by atoms with van der Waals surface area (Å²) in [6, 6.07) is 0. The van der Waals surface area contributed by atoms with Crippen molar-refractivity contribution in [2.45, 2.75) is 52.0 Å². The molecule has 1 aliphatic carbocycles. The van der Waals surface area contributed by atoms with Crippen molar-refractivity contribution < 1.29 is 0 Å². The van der Waals surface area contributed by atoms with Crippen LogP contribution in [0.4, 0.5) is 0 Å². The molecule has 0 spiro atoms. The lowest BCUT2D eigenvalue weighted by Crippen LogP contribution is -2.39. The van der Waals surface area contributed by atoms with Crippen molar-refractivity contribution >= 4 is 52.6 Å². The van der Waals surface area contributed by atoms with Crippen LogP contribution in [-0.4, -0.2) is 41.5 Å². The summed E-state index contributed by atoms with van der Waals surface area (Å²) >= 11 is 3.68. The van der Waals surface area contributed by atoms with E-state index in [4.69, 9.17) is 4.98 Å². The Bertz CT molecular complexity index is 701. The van der Waals surface area contributed by atoms with Crippen molar-refractivity contribution in [3.05, 3.63) is 31.7 Å². The lowest BCUT2D eigenvalue weighted by molar-refractivity contribution is 0.475. The van der Waals surface area contributed by atoms with Crippen molar-refractivity contribution in [2.24, 2.45) is 4.99 Å². The number of halogens is 1. The van der Waals surface area contributed by atoms with E-state index in [0.29, 0.717) is 0 Å². The number of rotatable bonds is 6. The molecule has 144 valence electrons.